The summed E-state index contributed by atoms with van der Waals surface area (Å²) >= 11 is 7.39. The van der Waals surface area contributed by atoms with Crippen LogP contribution in [-0.2, 0) is 0 Å². The average Bonchev–Trinajstić information content (AvgIpc) is 2.83. The molecule has 0 aliphatic heterocycles. The van der Waals surface area contributed by atoms with Gasteiger partial charge >= 0.3 is 0 Å². The molecule has 1 atom stereocenters. The van der Waals surface area contributed by atoms with E-state index >= 15 is 0 Å². The first kappa shape index (κ1) is 13.2. The van der Waals surface area contributed by atoms with Gasteiger partial charge in [-0.2, -0.15) is 0 Å². The predicted octanol–water partition coefficient (Wildman–Crippen LogP) is 3.49. The third-order valence-electron chi connectivity index (χ3n) is 2.46. The molecular weight excluding hydrogens is 270 g/mol. The Kier molecular flexibility index (Phi) is 4.47. The van der Waals surface area contributed by atoms with E-state index in [1.165, 1.54) is 11.3 Å². The van der Waals surface area contributed by atoms with Crippen molar-refractivity contribution in [1.82, 2.24) is 0 Å². The predicted molar refractivity (Wildman–Crippen MR) is 74.7 cm³/mol. The van der Waals surface area contributed by atoms with Crippen LogP contribution in [0, 0.1) is 0 Å². The van der Waals surface area contributed by atoms with Crippen LogP contribution < -0.4 is 15.2 Å². The Balaban J connectivity index is 2.10. The number of ether oxygens (including phenoxy) is 2. The molecule has 0 aliphatic rings. The molecule has 18 heavy (non-hydrogen) atoms. The van der Waals surface area contributed by atoms with Crippen LogP contribution in [0.4, 0.5) is 0 Å². The van der Waals surface area contributed by atoms with Crippen molar-refractivity contribution in [1.29, 1.82) is 0 Å². The fourth-order valence-corrected chi connectivity index (χ4v) is 2.65. The van der Waals surface area contributed by atoms with Crippen molar-refractivity contribution in [2.75, 3.05) is 13.7 Å². The Morgan fingerprint density at radius 1 is 1.17 bits per heavy atom. The number of rotatable bonds is 5. The fraction of sp³-hybridized carbons (Fsp3) is 0.231. The maximum absolute atomic E-state index is 5.91. The summed E-state index contributed by atoms with van der Waals surface area (Å²) in [5.74, 6) is 1.56. The highest BCUT2D eigenvalue weighted by Crippen LogP contribution is 2.30. The van der Waals surface area contributed by atoms with E-state index in [9.17, 15) is 0 Å². The number of hydrogen-bond donors (Lipinski definition) is 1. The van der Waals surface area contributed by atoms with Crippen LogP contribution >= 0.6 is 22.9 Å². The number of halogens is 1. The molecule has 3 nitrogen and oxygen atoms in total. The molecule has 0 aliphatic carbocycles. The van der Waals surface area contributed by atoms with E-state index < -0.39 is 0 Å². The largest absolute Gasteiger partial charge is 0.497 e. The maximum atomic E-state index is 5.91. The summed E-state index contributed by atoms with van der Waals surface area (Å²) in [6.07, 6.45) is -0.170. The number of thiophene rings is 1. The summed E-state index contributed by atoms with van der Waals surface area (Å²) in [5, 5.41) is 0. The second kappa shape index (κ2) is 6.09. The van der Waals surface area contributed by atoms with Gasteiger partial charge in [-0.25, -0.2) is 0 Å². The van der Waals surface area contributed by atoms with Crippen LogP contribution in [0.25, 0.3) is 0 Å². The molecule has 0 radical (unpaired) electrons. The molecule has 2 N–H and O–H groups in total. The van der Waals surface area contributed by atoms with E-state index in [4.69, 9.17) is 26.8 Å². The first-order chi connectivity index (χ1) is 8.72. The highest BCUT2D eigenvalue weighted by Gasteiger charge is 2.13. The second-order valence-corrected chi connectivity index (χ2v) is 5.41. The zero-order valence-corrected chi connectivity index (χ0v) is 11.5. The van der Waals surface area contributed by atoms with Gasteiger partial charge in [0.1, 0.15) is 17.6 Å². The van der Waals surface area contributed by atoms with E-state index in [2.05, 4.69) is 0 Å². The quantitative estimate of drug-likeness (QED) is 0.913. The Bertz CT molecular complexity index is 498. The molecule has 1 aromatic heterocycles. The van der Waals surface area contributed by atoms with Gasteiger partial charge in [-0.15, -0.1) is 11.3 Å². The van der Waals surface area contributed by atoms with Crippen molar-refractivity contribution in [2.24, 2.45) is 5.73 Å². The summed E-state index contributed by atoms with van der Waals surface area (Å²) in [6.45, 7) is 0.406. The van der Waals surface area contributed by atoms with Crippen molar-refractivity contribution < 1.29 is 9.47 Å². The number of methoxy groups -OCH3 is 1. The van der Waals surface area contributed by atoms with Gasteiger partial charge in [0.15, 0.2) is 0 Å². The Hall–Kier alpha value is -1.23. The molecular formula is C13H14ClNO2S. The van der Waals surface area contributed by atoms with Crippen molar-refractivity contribution >= 4 is 22.9 Å². The molecule has 1 heterocycles. The third kappa shape index (κ3) is 3.16. The molecule has 2 rings (SSSR count). The smallest absolute Gasteiger partial charge is 0.145 e. The molecule has 0 amide bonds. The van der Waals surface area contributed by atoms with Crippen LogP contribution in [0.2, 0.25) is 4.34 Å². The Morgan fingerprint density at radius 3 is 2.33 bits per heavy atom. The van der Waals surface area contributed by atoms with Gasteiger partial charge in [0.2, 0.25) is 0 Å². The molecule has 0 bridgehead atoms. The van der Waals surface area contributed by atoms with Gasteiger partial charge in [-0.3, -0.25) is 0 Å². The number of nitrogens with two attached hydrogens (primary N) is 1. The number of hydrogen-bond acceptors (Lipinski definition) is 4. The van der Waals surface area contributed by atoms with Crippen molar-refractivity contribution in [3.05, 3.63) is 45.6 Å². The lowest BCUT2D eigenvalue weighted by Gasteiger charge is -2.16. The van der Waals surface area contributed by atoms with Crippen molar-refractivity contribution in [3.63, 3.8) is 0 Å². The Morgan fingerprint density at radius 2 is 1.83 bits per heavy atom. The molecule has 5 heteroatoms. The average molecular weight is 284 g/mol. The molecule has 0 saturated heterocycles. The molecule has 2 aromatic rings. The highest BCUT2D eigenvalue weighted by atomic mass is 35.5. The first-order valence-corrected chi connectivity index (χ1v) is 6.68. The lowest BCUT2D eigenvalue weighted by Crippen LogP contribution is -2.17. The number of benzene rings is 1. The monoisotopic (exact) mass is 283 g/mol. The summed E-state index contributed by atoms with van der Waals surface area (Å²) in [6, 6.07) is 11.2. The second-order valence-electron chi connectivity index (χ2n) is 3.66. The highest BCUT2D eigenvalue weighted by molar-refractivity contribution is 7.16. The summed E-state index contributed by atoms with van der Waals surface area (Å²) in [4.78, 5) is 1.03. The minimum atomic E-state index is -0.170. The van der Waals surface area contributed by atoms with Gasteiger partial charge < -0.3 is 15.2 Å². The normalized spacial score (nSPS) is 12.2. The minimum Gasteiger partial charge on any atom is -0.497 e. The van der Waals surface area contributed by atoms with Crippen molar-refractivity contribution in [3.8, 4) is 11.5 Å². The lowest BCUT2D eigenvalue weighted by atomic mass is 10.2. The van der Waals surface area contributed by atoms with Crippen LogP contribution in [-0.4, -0.2) is 13.7 Å². The van der Waals surface area contributed by atoms with Crippen LogP contribution in [0.5, 0.6) is 11.5 Å². The maximum Gasteiger partial charge on any atom is 0.145 e. The topological polar surface area (TPSA) is 44.5 Å². The van der Waals surface area contributed by atoms with Gasteiger partial charge in [0.25, 0.3) is 0 Å². The van der Waals surface area contributed by atoms with E-state index in [1.54, 1.807) is 7.11 Å². The zero-order valence-electron chi connectivity index (χ0n) is 9.93. The van der Waals surface area contributed by atoms with Gasteiger partial charge in [-0.1, -0.05) is 11.6 Å². The lowest BCUT2D eigenvalue weighted by molar-refractivity contribution is 0.218. The van der Waals surface area contributed by atoms with E-state index in [-0.39, 0.29) is 6.10 Å². The molecule has 0 fully saturated rings. The van der Waals surface area contributed by atoms with Crippen LogP contribution in [0.15, 0.2) is 36.4 Å². The minimum absolute atomic E-state index is 0.170. The first-order valence-electron chi connectivity index (χ1n) is 5.49. The molecule has 0 spiro atoms. The van der Waals surface area contributed by atoms with Gasteiger partial charge in [-0.05, 0) is 36.4 Å². The van der Waals surface area contributed by atoms with Gasteiger partial charge in [0.05, 0.1) is 11.4 Å². The van der Waals surface area contributed by atoms with E-state index in [0.29, 0.717) is 6.54 Å². The molecule has 1 aromatic carbocycles. The SMILES string of the molecule is COc1ccc(OC(CN)c2ccc(Cl)s2)cc1. The zero-order chi connectivity index (χ0) is 13.0. The van der Waals surface area contributed by atoms with Crippen LogP contribution in [0.1, 0.15) is 11.0 Å². The molecule has 0 saturated carbocycles. The summed E-state index contributed by atoms with van der Waals surface area (Å²) in [7, 11) is 1.63. The molecule has 96 valence electrons. The van der Waals surface area contributed by atoms with E-state index in [1.807, 2.05) is 36.4 Å². The molecule has 1 unspecified atom stereocenters. The summed E-state index contributed by atoms with van der Waals surface area (Å²) in [5.41, 5.74) is 5.73. The van der Waals surface area contributed by atoms with E-state index in [0.717, 1.165) is 20.7 Å². The Labute approximate surface area is 115 Å². The summed E-state index contributed by atoms with van der Waals surface area (Å²) < 4.78 is 11.7. The van der Waals surface area contributed by atoms with Crippen molar-refractivity contribution in [2.45, 2.75) is 6.10 Å². The van der Waals surface area contributed by atoms with Gasteiger partial charge in [0, 0.05) is 11.4 Å². The fourth-order valence-electron chi connectivity index (χ4n) is 1.54. The van der Waals surface area contributed by atoms with Crippen LogP contribution in [0.3, 0.4) is 0 Å². The third-order valence-corrected chi connectivity index (χ3v) is 3.79. The standard InChI is InChI=1S/C13H14ClNO2S/c1-16-9-2-4-10(5-3-9)17-11(8-15)12-6-7-13(14)18-12/h2-7,11H,8,15H2,1H3.